The van der Waals surface area contributed by atoms with E-state index >= 15 is 0 Å². The first kappa shape index (κ1) is 21.2. The molecule has 11 nitrogen and oxygen atoms in total. The van der Waals surface area contributed by atoms with E-state index in [0.29, 0.717) is 24.0 Å². The van der Waals surface area contributed by atoms with Gasteiger partial charge in [-0.15, -0.1) is 0 Å². The maximum absolute atomic E-state index is 14.3. The molecule has 0 amide bonds. The van der Waals surface area contributed by atoms with E-state index in [1.54, 1.807) is 29.1 Å². The summed E-state index contributed by atoms with van der Waals surface area (Å²) in [6.07, 6.45) is 3.54. The maximum Gasteiger partial charge on any atom is 0.277 e. The Morgan fingerprint density at radius 2 is 2.03 bits per heavy atom. The number of fused-ring (bicyclic) bond motifs is 1. The van der Waals surface area contributed by atoms with Gasteiger partial charge in [0.15, 0.2) is 11.5 Å². The molecule has 1 aromatic carbocycles. The Morgan fingerprint density at radius 1 is 1.22 bits per heavy atom. The zero-order chi connectivity index (χ0) is 22.3. The lowest BCUT2D eigenvalue weighted by Crippen LogP contribution is -2.62. The first-order valence-corrected chi connectivity index (χ1v) is 11.5. The third-order valence-corrected chi connectivity index (χ3v) is 6.91. The monoisotopic (exact) mass is 463 g/mol. The summed E-state index contributed by atoms with van der Waals surface area (Å²) in [4.78, 5) is 12.4. The van der Waals surface area contributed by atoms with Gasteiger partial charge >= 0.3 is 0 Å². The van der Waals surface area contributed by atoms with Crippen molar-refractivity contribution in [1.29, 1.82) is 0 Å². The van der Waals surface area contributed by atoms with Crippen LogP contribution in [0.4, 0.5) is 10.2 Å². The third kappa shape index (κ3) is 3.82. The van der Waals surface area contributed by atoms with Crippen molar-refractivity contribution in [1.82, 2.24) is 29.0 Å². The number of rotatable bonds is 7. The van der Waals surface area contributed by atoms with Gasteiger partial charge in [0.05, 0.1) is 25.6 Å². The molecule has 170 valence electrons. The van der Waals surface area contributed by atoms with Gasteiger partial charge in [0.1, 0.15) is 29.4 Å². The van der Waals surface area contributed by atoms with Crippen molar-refractivity contribution < 1.29 is 22.3 Å². The number of ether oxygens (including phenoxy) is 2. The fourth-order valence-electron chi connectivity index (χ4n) is 4.04. The molecule has 3 aromatic rings. The van der Waals surface area contributed by atoms with E-state index in [1.807, 2.05) is 0 Å². The molecule has 2 fully saturated rings. The van der Waals surface area contributed by atoms with E-state index < -0.39 is 21.6 Å². The first-order valence-electron chi connectivity index (χ1n) is 10.1. The fraction of sp³-hybridized carbons (Fsp3) is 0.421. The second-order valence-electron chi connectivity index (χ2n) is 7.88. The normalized spacial score (nSPS) is 22.8. The summed E-state index contributed by atoms with van der Waals surface area (Å²) < 4.78 is 57.7. The second-order valence-corrected chi connectivity index (χ2v) is 9.38. The van der Waals surface area contributed by atoms with E-state index in [4.69, 9.17) is 15.2 Å². The van der Waals surface area contributed by atoms with Crippen LogP contribution >= 0.6 is 0 Å². The topological polar surface area (TPSA) is 146 Å². The van der Waals surface area contributed by atoms with Gasteiger partial charge in [-0.3, -0.25) is 4.57 Å². The molecule has 2 unspecified atom stereocenters. The van der Waals surface area contributed by atoms with Crippen molar-refractivity contribution in [3.05, 3.63) is 48.3 Å². The van der Waals surface area contributed by atoms with E-state index in [-0.39, 0.29) is 43.5 Å². The van der Waals surface area contributed by atoms with Gasteiger partial charge in [-0.1, -0.05) is 18.2 Å². The Balaban J connectivity index is 1.23. The molecule has 2 aromatic heterocycles. The van der Waals surface area contributed by atoms with Crippen molar-refractivity contribution >= 4 is 27.2 Å². The van der Waals surface area contributed by atoms with E-state index in [1.165, 1.54) is 12.4 Å². The Labute approximate surface area is 183 Å². The molecule has 0 saturated carbocycles. The highest BCUT2D eigenvalue weighted by Gasteiger charge is 2.45. The van der Waals surface area contributed by atoms with Crippen LogP contribution in [0.25, 0.3) is 11.2 Å². The molecule has 5 rings (SSSR count). The van der Waals surface area contributed by atoms with Crippen molar-refractivity contribution in [2.75, 3.05) is 25.5 Å². The molecule has 2 aliphatic rings. The Hall–Kier alpha value is -2.71. The average Bonchev–Trinajstić information content (AvgIpc) is 3.37. The minimum absolute atomic E-state index is 0.0511. The van der Waals surface area contributed by atoms with Crippen molar-refractivity contribution in [3.63, 3.8) is 0 Å². The van der Waals surface area contributed by atoms with Crippen LogP contribution in [0, 0.1) is 5.82 Å². The summed E-state index contributed by atoms with van der Waals surface area (Å²) in [5.74, 6) is -0.205. The zero-order valence-corrected chi connectivity index (χ0v) is 17.8. The number of imidazole rings is 1. The summed E-state index contributed by atoms with van der Waals surface area (Å²) in [6.45, 7) is 0.162. The predicted octanol–water partition coefficient (Wildman–Crippen LogP) is 0.575. The highest BCUT2D eigenvalue weighted by molar-refractivity contribution is 7.87. The van der Waals surface area contributed by atoms with E-state index in [2.05, 4.69) is 24.4 Å². The summed E-state index contributed by atoms with van der Waals surface area (Å²) in [6, 6.07) is 6.06. The number of halogens is 1. The molecule has 2 saturated heterocycles. The number of hydrogen-bond donors (Lipinski definition) is 3. The van der Waals surface area contributed by atoms with Crippen molar-refractivity contribution in [2.45, 2.75) is 30.7 Å². The highest BCUT2D eigenvalue weighted by Crippen LogP contribution is 2.33. The quantitative estimate of drug-likeness (QED) is 0.461. The molecule has 0 aliphatic carbocycles. The molecule has 32 heavy (non-hydrogen) atoms. The summed E-state index contributed by atoms with van der Waals surface area (Å²) in [7, 11) is -3.95. The van der Waals surface area contributed by atoms with Gasteiger partial charge in [-0.2, -0.15) is 17.9 Å². The second kappa shape index (κ2) is 8.01. The number of nitrogens with two attached hydrogens (primary N) is 1. The Morgan fingerprint density at radius 3 is 2.78 bits per heavy atom. The summed E-state index contributed by atoms with van der Waals surface area (Å²) in [5.41, 5.74) is 5.99. The van der Waals surface area contributed by atoms with Crippen LogP contribution in [0.1, 0.15) is 24.6 Å². The van der Waals surface area contributed by atoms with Gasteiger partial charge in [-0.05, 0) is 18.9 Å². The molecule has 2 atom stereocenters. The Kier molecular flexibility index (Phi) is 5.29. The summed E-state index contributed by atoms with van der Waals surface area (Å²) in [5, 5.41) is 0. The standard InChI is InChI=1S/C19H22FN7O4S/c20-14-4-2-1-3-13(14)19(8-30-9-19)26-32(28,29)25-7-12-5-6-15(31-12)27-11-24-16-17(21)22-10-23-18(16)27/h1-4,10-12,15,25-26H,5-9H2,(H2,21,22,23). The smallest absolute Gasteiger partial charge is 0.277 e. The first-order chi connectivity index (χ1) is 15.4. The van der Waals surface area contributed by atoms with Crippen LogP contribution in [0.15, 0.2) is 36.9 Å². The van der Waals surface area contributed by atoms with E-state index in [0.717, 1.165) is 0 Å². The number of aromatic nitrogens is 4. The SMILES string of the molecule is Nc1ncnc2c1ncn2C1CCC(CNS(=O)(=O)NC2(c3ccccc3F)COC2)O1. The van der Waals surface area contributed by atoms with Gasteiger partial charge in [-0.25, -0.2) is 19.3 Å². The number of benzene rings is 1. The van der Waals surface area contributed by atoms with Crippen LogP contribution in [-0.4, -0.2) is 53.8 Å². The largest absolute Gasteiger partial charge is 0.382 e. The number of hydrogen-bond acceptors (Lipinski definition) is 8. The zero-order valence-electron chi connectivity index (χ0n) is 16.9. The number of anilines is 1. The van der Waals surface area contributed by atoms with Gasteiger partial charge in [0, 0.05) is 12.1 Å². The third-order valence-electron chi connectivity index (χ3n) is 5.70. The molecular formula is C19H22FN7O4S. The maximum atomic E-state index is 14.3. The molecule has 4 N–H and O–H groups in total. The number of nitrogen functional groups attached to an aromatic ring is 1. The van der Waals surface area contributed by atoms with E-state index in [9.17, 15) is 12.8 Å². The molecule has 2 aliphatic heterocycles. The molecule has 0 bridgehead atoms. The molecular weight excluding hydrogens is 441 g/mol. The van der Waals surface area contributed by atoms with Crippen LogP contribution in [0.2, 0.25) is 0 Å². The Bertz CT molecular complexity index is 1250. The van der Waals surface area contributed by atoms with Crippen LogP contribution in [0.5, 0.6) is 0 Å². The lowest BCUT2D eigenvalue weighted by Gasteiger charge is -2.42. The average molecular weight is 463 g/mol. The summed E-state index contributed by atoms with van der Waals surface area (Å²) >= 11 is 0. The number of nitrogens with one attached hydrogen (secondary N) is 2. The van der Waals surface area contributed by atoms with Gasteiger partial charge < -0.3 is 15.2 Å². The van der Waals surface area contributed by atoms with Crippen LogP contribution in [-0.2, 0) is 25.2 Å². The predicted molar refractivity (Wildman–Crippen MR) is 112 cm³/mol. The molecule has 0 radical (unpaired) electrons. The minimum atomic E-state index is -3.95. The van der Waals surface area contributed by atoms with Crippen molar-refractivity contribution in [3.8, 4) is 0 Å². The van der Waals surface area contributed by atoms with Gasteiger partial charge in [0.2, 0.25) is 0 Å². The van der Waals surface area contributed by atoms with Crippen LogP contribution < -0.4 is 15.2 Å². The lowest BCUT2D eigenvalue weighted by molar-refractivity contribution is -0.0682. The minimum Gasteiger partial charge on any atom is -0.382 e. The van der Waals surface area contributed by atoms with Crippen molar-refractivity contribution in [2.24, 2.45) is 0 Å². The lowest BCUT2D eigenvalue weighted by atomic mass is 9.89. The fourth-order valence-corrected chi connectivity index (χ4v) is 5.26. The highest BCUT2D eigenvalue weighted by atomic mass is 32.2. The molecule has 13 heteroatoms. The molecule has 0 spiro atoms. The van der Waals surface area contributed by atoms with Crippen LogP contribution in [0.3, 0.4) is 0 Å². The number of nitrogens with zero attached hydrogens (tertiary/aromatic N) is 4. The van der Waals surface area contributed by atoms with Gasteiger partial charge in [0.25, 0.3) is 10.2 Å². The molecule has 4 heterocycles.